The molecule has 1 N–H and O–H groups in total. The topological polar surface area (TPSA) is 50.0 Å². The maximum atomic E-state index is 10.2. The van der Waals surface area contributed by atoms with Crippen molar-refractivity contribution in [2.75, 3.05) is 13.7 Å². The van der Waals surface area contributed by atoms with Gasteiger partial charge in [-0.3, -0.25) is 4.90 Å². The summed E-state index contributed by atoms with van der Waals surface area (Å²) < 4.78 is 7.42. The van der Waals surface area contributed by atoms with Crippen LogP contribution in [0.1, 0.15) is 29.3 Å². The molecule has 130 valence electrons. The van der Waals surface area contributed by atoms with Gasteiger partial charge < -0.3 is 14.2 Å². The summed E-state index contributed by atoms with van der Waals surface area (Å²) in [5.74, 6) is 0.849. The lowest BCUT2D eigenvalue weighted by Gasteiger charge is -2.23. The number of pyridine rings is 1. The van der Waals surface area contributed by atoms with Crippen molar-refractivity contribution in [2.45, 2.75) is 32.0 Å². The molecule has 1 fully saturated rings. The molecule has 0 bridgehead atoms. The Labute approximate surface area is 147 Å². The molecule has 25 heavy (non-hydrogen) atoms. The highest BCUT2D eigenvalue weighted by atomic mass is 16.5. The second-order valence-corrected chi connectivity index (χ2v) is 6.82. The van der Waals surface area contributed by atoms with Crippen LogP contribution in [-0.4, -0.2) is 39.1 Å². The number of imidazole rings is 1. The summed E-state index contributed by atoms with van der Waals surface area (Å²) >= 11 is 0. The van der Waals surface area contributed by atoms with Crippen molar-refractivity contribution in [3.63, 3.8) is 0 Å². The van der Waals surface area contributed by atoms with Crippen LogP contribution in [0, 0.1) is 6.92 Å². The van der Waals surface area contributed by atoms with E-state index in [0.717, 1.165) is 30.1 Å². The molecule has 2 atom stereocenters. The van der Waals surface area contributed by atoms with Gasteiger partial charge in [0.25, 0.3) is 0 Å². The number of rotatable bonds is 4. The van der Waals surface area contributed by atoms with Crippen molar-refractivity contribution >= 4 is 5.65 Å². The zero-order chi connectivity index (χ0) is 17.4. The molecule has 1 aliphatic heterocycles. The molecule has 0 spiro atoms. The monoisotopic (exact) mass is 337 g/mol. The first-order valence-corrected chi connectivity index (χ1v) is 8.62. The number of nitrogens with zero attached hydrogens (tertiary/aromatic N) is 3. The van der Waals surface area contributed by atoms with Gasteiger partial charge in [-0.2, -0.15) is 0 Å². The van der Waals surface area contributed by atoms with E-state index in [0.29, 0.717) is 6.54 Å². The number of hydrogen-bond donors (Lipinski definition) is 1. The molecular weight excluding hydrogens is 314 g/mol. The summed E-state index contributed by atoms with van der Waals surface area (Å²) in [7, 11) is 1.68. The minimum absolute atomic E-state index is 0.177. The second-order valence-electron chi connectivity index (χ2n) is 6.82. The molecular formula is C20H23N3O2. The molecule has 4 rings (SSSR count). The fourth-order valence-electron chi connectivity index (χ4n) is 3.69. The largest absolute Gasteiger partial charge is 0.497 e. The molecule has 0 saturated carbocycles. The van der Waals surface area contributed by atoms with E-state index < -0.39 is 0 Å². The number of hydrogen-bond acceptors (Lipinski definition) is 4. The summed E-state index contributed by atoms with van der Waals surface area (Å²) in [6, 6.07) is 12.4. The summed E-state index contributed by atoms with van der Waals surface area (Å²) in [5, 5.41) is 10.2. The van der Waals surface area contributed by atoms with Crippen LogP contribution in [0.25, 0.3) is 5.65 Å². The Morgan fingerprint density at radius 1 is 1.24 bits per heavy atom. The average molecular weight is 337 g/mol. The molecule has 1 aromatic carbocycles. The van der Waals surface area contributed by atoms with Crippen LogP contribution < -0.4 is 4.74 Å². The van der Waals surface area contributed by atoms with Crippen molar-refractivity contribution in [1.29, 1.82) is 0 Å². The number of aliphatic hydroxyl groups is 1. The van der Waals surface area contributed by atoms with Crippen molar-refractivity contribution in [1.82, 2.24) is 14.3 Å². The van der Waals surface area contributed by atoms with E-state index in [4.69, 9.17) is 9.72 Å². The van der Waals surface area contributed by atoms with E-state index in [9.17, 15) is 5.11 Å². The molecule has 0 radical (unpaired) electrons. The Morgan fingerprint density at radius 2 is 2.12 bits per heavy atom. The normalized spacial score (nSPS) is 21.1. The molecule has 3 aromatic rings. The first-order valence-electron chi connectivity index (χ1n) is 8.62. The van der Waals surface area contributed by atoms with Gasteiger partial charge >= 0.3 is 0 Å². The Kier molecular flexibility index (Phi) is 4.19. The zero-order valence-corrected chi connectivity index (χ0v) is 14.6. The molecule has 2 aromatic heterocycles. The van der Waals surface area contributed by atoms with Crippen LogP contribution in [0.2, 0.25) is 0 Å². The average Bonchev–Trinajstić information content (AvgIpc) is 3.17. The highest BCUT2D eigenvalue weighted by Gasteiger charge is 2.32. The number of fused-ring (bicyclic) bond motifs is 1. The van der Waals surface area contributed by atoms with Crippen LogP contribution in [0.3, 0.4) is 0 Å². The Balaban J connectivity index is 1.60. The Hall–Kier alpha value is -2.37. The lowest BCUT2D eigenvalue weighted by Crippen LogP contribution is -2.24. The van der Waals surface area contributed by atoms with Gasteiger partial charge in [0, 0.05) is 31.5 Å². The van der Waals surface area contributed by atoms with Gasteiger partial charge in [0.1, 0.15) is 11.4 Å². The maximum Gasteiger partial charge on any atom is 0.137 e. The quantitative estimate of drug-likeness (QED) is 0.795. The minimum atomic E-state index is -0.310. The summed E-state index contributed by atoms with van der Waals surface area (Å²) in [4.78, 5) is 7.02. The van der Waals surface area contributed by atoms with Gasteiger partial charge in [0.15, 0.2) is 0 Å². The van der Waals surface area contributed by atoms with E-state index in [1.165, 1.54) is 11.1 Å². The molecule has 0 unspecified atom stereocenters. The van der Waals surface area contributed by atoms with Gasteiger partial charge in [-0.25, -0.2) is 4.98 Å². The summed E-state index contributed by atoms with van der Waals surface area (Å²) in [6.07, 6.45) is 4.59. The van der Waals surface area contributed by atoms with Crippen LogP contribution in [-0.2, 0) is 6.54 Å². The smallest absolute Gasteiger partial charge is 0.137 e. The van der Waals surface area contributed by atoms with E-state index in [1.807, 2.05) is 18.2 Å². The summed E-state index contributed by atoms with van der Waals surface area (Å²) in [5.41, 5.74) is 4.36. The SMILES string of the molecule is COc1cccc([C@H]2C[C@@H](O)CN2Cc2cn3cc(C)ccc3n2)c1. The van der Waals surface area contributed by atoms with E-state index in [2.05, 4.69) is 46.8 Å². The molecule has 0 amide bonds. The Bertz CT molecular complexity index is 890. The van der Waals surface area contributed by atoms with Gasteiger partial charge in [0.05, 0.1) is 18.9 Å². The molecule has 3 heterocycles. The standard InChI is InChI=1S/C20H23N3O2/c1-14-6-7-20-21-16(12-23(20)10-14)11-22-13-17(24)9-19(22)15-4-3-5-18(8-15)25-2/h3-8,10,12,17,19,24H,9,11,13H2,1-2H3/t17-,19-/m1/s1. The van der Waals surface area contributed by atoms with Crippen LogP contribution >= 0.6 is 0 Å². The van der Waals surface area contributed by atoms with Crippen molar-refractivity contribution in [2.24, 2.45) is 0 Å². The van der Waals surface area contributed by atoms with Gasteiger partial charge in [0.2, 0.25) is 0 Å². The molecule has 5 nitrogen and oxygen atoms in total. The predicted molar refractivity (Wildman–Crippen MR) is 96.7 cm³/mol. The number of likely N-dealkylation sites (tertiary alicyclic amines) is 1. The number of β-amino-alcohol motifs (C(OH)–C–C–N with tert-alkyl or cyclic N) is 1. The number of aliphatic hydroxyl groups excluding tert-OH is 1. The third-order valence-corrected chi connectivity index (χ3v) is 4.87. The second kappa shape index (κ2) is 6.50. The number of ether oxygens (including phenoxy) is 1. The van der Waals surface area contributed by atoms with Crippen molar-refractivity contribution < 1.29 is 9.84 Å². The minimum Gasteiger partial charge on any atom is -0.497 e. The van der Waals surface area contributed by atoms with Crippen LogP contribution in [0.4, 0.5) is 0 Å². The van der Waals surface area contributed by atoms with Gasteiger partial charge in [-0.15, -0.1) is 0 Å². The maximum absolute atomic E-state index is 10.2. The Morgan fingerprint density at radius 3 is 2.96 bits per heavy atom. The van der Waals surface area contributed by atoms with E-state index in [1.54, 1.807) is 7.11 Å². The lowest BCUT2D eigenvalue weighted by atomic mass is 10.0. The third kappa shape index (κ3) is 3.25. The van der Waals surface area contributed by atoms with E-state index in [-0.39, 0.29) is 12.1 Å². The first kappa shape index (κ1) is 16.1. The molecule has 1 aliphatic rings. The van der Waals surface area contributed by atoms with Crippen molar-refractivity contribution in [3.05, 3.63) is 65.6 Å². The highest BCUT2D eigenvalue weighted by Crippen LogP contribution is 2.34. The molecule has 1 saturated heterocycles. The first-order chi connectivity index (χ1) is 12.1. The third-order valence-electron chi connectivity index (χ3n) is 4.87. The number of aromatic nitrogens is 2. The fourth-order valence-corrected chi connectivity index (χ4v) is 3.69. The number of methoxy groups -OCH3 is 1. The van der Waals surface area contributed by atoms with E-state index >= 15 is 0 Å². The number of aryl methyl sites for hydroxylation is 1. The van der Waals surface area contributed by atoms with Crippen molar-refractivity contribution in [3.8, 4) is 5.75 Å². The highest BCUT2D eigenvalue weighted by molar-refractivity contribution is 5.41. The zero-order valence-electron chi connectivity index (χ0n) is 14.6. The lowest BCUT2D eigenvalue weighted by molar-refractivity contribution is 0.172. The molecule has 0 aliphatic carbocycles. The summed E-state index contributed by atoms with van der Waals surface area (Å²) in [6.45, 7) is 3.46. The van der Waals surface area contributed by atoms with Crippen LogP contribution in [0.15, 0.2) is 48.8 Å². The van der Waals surface area contributed by atoms with Gasteiger partial charge in [-0.1, -0.05) is 18.2 Å². The molecule has 5 heteroatoms. The fraction of sp³-hybridized carbons (Fsp3) is 0.350. The predicted octanol–water partition coefficient (Wildman–Crippen LogP) is 2.96. The van der Waals surface area contributed by atoms with Gasteiger partial charge in [-0.05, 0) is 42.7 Å². The van der Waals surface area contributed by atoms with Crippen LogP contribution in [0.5, 0.6) is 5.75 Å². The number of benzene rings is 1.